The molecule has 0 aliphatic carbocycles. The van der Waals surface area contributed by atoms with E-state index in [-0.39, 0.29) is 37.3 Å². The van der Waals surface area contributed by atoms with Crippen molar-refractivity contribution in [1.82, 2.24) is 10.2 Å². The number of nitrogens with one attached hydrogen (secondary N) is 1. The molecule has 1 aliphatic heterocycles. The van der Waals surface area contributed by atoms with Gasteiger partial charge in [-0.2, -0.15) is 4.99 Å². The minimum atomic E-state index is -0.471. The first-order valence-electron chi connectivity index (χ1n) is 11.0. The predicted molar refractivity (Wildman–Crippen MR) is 133 cm³/mol. The lowest BCUT2D eigenvalue weighted by atomic mass is 10.1. The van der Waals surface area contributed by atoms with Crippen LogP contribution in [0.1, 0.15) is 42.1 Å². The number of hydrogen-bond acceptors (Lipinski definition) is 8. The largest absolute Gasteiger partial charge is 0.469 e. The summed E-state index contributed by atoms with van der Waals surface area (Å²) in [5.41, 5.74) is 7.00. The van der Waals surface area contributed by atoms with Crippen LogP contribution in [0.5, 0.6) is 0 Å². The highest BCUT2D eigenvalue weighted by atomic mass is 32.2. The van der Waals surface area contributed by atoms with Crippen LogP contribution in [-0.4, -0.2) is 85.3 Å². The molecule has 1 aromatic rings. The summed E-state index contributed by atoms with van der Waals surface area (Å²) in [5, 5.41) is 2.68. The number of amidine groups is 2. The molecular formula is C23H31N5O6S. The number of nitrogens with zero attached hydrogens (tertiary/aromatic N) is 3. The zero-order valence-corrected chi connectivity index (χ0v) is 21.1. The summed E-state index contributed by atoms with van der Waals surface area (Å²) in [6.07, 6.45) is 0.874. The minimum Gasteiger partial charge on any atom is -0.469 e. The second kappa shape index (κ2) is 13.5. The molecule has 2 atom stereocenters. The second-order valence-electron chi connectivity index (χ2n) is 7.73. The molecule has 35 heavy (non-hydrogen) atoms. The Morgan fingerprint density at radius 2 is 1.66 bits per heavy atom. The molecule has 0 aromatic heterocycles. The molecule has 1 heterocycles. The smallest absolute Gasteiger partial charge is 0.307 e. The number of aliphatic imine (C=N–C) groups is 2. The van der Waals surface area contributed by atoms with Crippen LogP contribution in [0, 0.1) is 0 Å². The van der Waals surface area contributed by atoms with Crippen molar-refractivity contribution in [2.75, 3.05) is 34.4 Å². The van der Waals surface area contributed by atoms with Crippen molar-refractivity contribution in [2.45, 2.75) is 37.5 Å². The van der Waals surface area contributed by atoms with Gasteiger partial charge < -0.3 is 25.4 Å². The molecule has 1 aliphatic rings. The first kappa shape index (κ1) is 27.8. The highest BCUT2D eigenvalue weighted by molar-refractivity contribution is 8.15. The molecule has 11 nitrogen and oxygen atoms in total. The van der Waals surface area contributed by atoms with E-state index >= 15 is 0 Å². The average molecular weight is 506 g/mol. The van der Waals surface area contributed by atoms with Gasteiger partial charge in [0.15, 0.2) is 5.17 Å². The number of hydrogen-bond donors (Lipinski definition) is 2. The third-order valence-electron chi connectivity index (χ3n) is 5.37. The molecule has 2 unspecified atom stereocenters. The Morgan fingerprint density at radius 3 is 2.29 bits per heavy atom. The summed E-state index contributed by atoms with van der Waals surface area (Å²) < 4.78 is 9.14. The van der Waals surface area contributed by atoms with Crippen LogP contribution >= 0.6 is 11.8 Å². The van der Waals surface area contributed by atoms with Gasteiger partial charge in [-0.15, -0.1) is 0 Å². The van der Waals surface area contributed by atoms with Gasteiger partial charge in [0.25, 0.3) is 5.91 Å². The van der Waals surface area contributed by atoms with Crippen molar-refractivity contribution >= 4 is 46.5 Å². The number of methoxy groups -OCH3 is 2. The van der Waals surface area contributed by atoms with Crippen molar-refractivity contribution in [3.63, 3.8) is 0 Å². The van der Waals surface area contributed by atoms with E-state index in [1.165, 1.54) is 26.0 Å². The lowest BCUT2D eigenvalue weighted by Crippen LogP contribution is -2.41. The number of nitrogens with two attached hydrogens (primary N) is 1. The first-order chi connectivity index (χ1) is 16.7. The van der Waals surface area contributed by atoms with Crippen molar-refractivity contribution in [1.29, 1.82) is 0 Å². The quantitative estimate of drug-likeness (QED) is 0.205. The van der Waals surface area contributed by atoms with Gasteiger partial charge in [0, 0.05) is 43.7 Å². The maximum Gasteiger partial charge on any atom is 0.307 e. The van der Waals surface area contributed by atoms with Crippen LogP contribution < -0.4 is 11.1 Å². The zero-order valence-electron chi connectivity index (χ0n) is 20.3. The van der Waals surface area contributed by atoms with E-state index in [0.717, 1.165) is 0 Å². The van der Waals surface area contributed by atoms with Gasteiger partial charge in [0.2, 0.25) is 5.91 Å². The number of carbonyl (C=O) groups is 4. The van der Waals surface area contributed by atoms with Gasteiger partial charge in [0.05, 0.1) is 20.6 Å². The summed E-state index contributed by atoms with van der Waals surface area (Å²) in [4.78, 5) is 57.8. The maximum absolute atomic E-state index is 12.7. The third kappa shape index (κ3) is 8.09. The second-order valence-corrected chi connectivity index (χ2v) is 8.84. The molecule has 0 saturated carbocycles. The fourth-order valence-corrected chi connectivity index (χ4v) is 4.36. The maximum atomic E-state index is 12.7. The van der Waals surface area contributed by atoms with E-state index in [1.807, 2.05) is 6.92 Å². The first-order valence-corrected chi connectivity index (χ1v) is 11.9. The van der Waals surface area contributed by atoms with Gasteiger partial charge in [-0.05, 0) is 25.5 Å². The number of carbonyl (C=O) groups excluding carboxylic acids is 4. The molecule has 3 N–H and O–H groups in total. The summed E-state index contributed by atoms with van der Waals surface area (Å²) in [5.74, 6) is -1.07. The molecule has 1 saturated heterocycles. The molecule has 12 heteroatoms. The van der Waals surface area contributed by atoms with E-state index in [2.05, 4.69) is 24.8 Å². The lowest BCUT2D eigenvalue weighted by molar-refractivity contribution is -0.141. The summed E-state index contributed by atoms with van der Waals surface area (Å²) >= 11 is 1.20. The van der Waals surface area contributed by atoms with Crippen LogP contribution in [0.25, 0.3) is 0 Å². The third-order valence-corrected chi connectivity index (χ3v) is 6.82. The Morgan fingerprint density at radius 1 is 1.06 bits per heavy atom. The summed E-state index contributed by atoms with van der Waals surface area (Å²) in [6.45, 7) is 2.43. The normalized spacial score (nSPS) is 18.9. The van der Waals surface area contributed by atoms with Crippen LogP contribution in [-0.2, 0) is 23.9 Å². The lowest BCUT2D eigenvalue weighted by Gasteiger charge is -2.19. The van der Waals surface area contributed by atoms with E-state index in [9.17, 15) is 19.2 Å². The zero-order chi connectivity index (χ0) is 26.0. The van der Waals surface area contributed by atoms with Gasteiger partial charge in [-0.1, -0.05) is 23.9 Å². The summed E-state index contributed by atoms with van der Waals surface area (Å²) in [7, 11) is 4.40. The van der Waals surface area contributed by atoms with Crippen molar-refractivity contribution in [2.24, 2.45) is 15.7 Å². The molecule has 2 amide bonds. The standard InChI is InChI=1S/C23H31N5O6S/c1-14-19(22(32)26-13-11-18(30)34-4)35-23(28(14)2)27-21(31)16-9-7-15(8-10-16)20(24)25-12-5-6-17(29)33-3/h7-10,14,19H,5-6,11-13H2,1-4H3,(H2,24,25)(H,26,32). The van der Waals surface area contributed by atoms with Crippen LogP contribution in [0.4, 0.5) is 0 Å². The van der Waals surface area contributed by atoms with E-state index in [0.29, 0.717) is 35.1 Å². The van der Waals surface area contributed by atoms with Crippen molar-refractivity contribution < 1.29 is 28.7 Å². The molecule has 1 fully saturated rings. The Labute approximate surface area is 208 Å². The van der Waals surface area contributed by atoms with Crippen LogP contribution in [0.3, 0.4) is 0 Å². The molecule has 2 rings (SSSR count). The SMILES string of the molecule is COC(=O)CCCN=C(N)c1ccc(C(=O)N=C2SC(C(=O)NCCC(=O)OC)C(C)N2C)cc1. The number of rotatable bonds is 10. The molecular weight excluding hydrogens is 474 g/mol. The molecule has 1 aromatic carbocycles. The molecule has 0 bridgehead atoms. The minimum absolute atomic E-state index is 0.0853. The number of esters is 2. The van der Waals surface area contributed by atoms with Crippen LogP contribution in [0.2, 0.25) is 0 Å². The van der Waals surface area contributed by atoms with Crippen molar-refractivity contribution in [3.05, 3.63) is 35.4 Å². The Balaban J connectivity index is 1.97. The van der Waals surface area contributed by atoms with Gasteiger partial charge >= 0.3 is 11.9 Å². The van der Waals surface area contributed by atoms with Gasteiger partial charge in [-0.3, -0.25) is 24.2 Å². The van der Waals surface area contributed by atoms with Crippen LogP contribution in [0.15, 0.2) is 34.3 Å². The Kier molecular flexibility index (Phi) is 10.7. The number of benzene rings is 1. The average Bonchev–Trinajstić information content (AvgIpc) is 3.14. The molecule has 0 spiro atoms. The number of thioether (sulfide) groups is 1. The number of amides is 2. The fraction of sp³-hybridized carbons (Fsp3) is 0.478. The fourth-order valence-electron chi connectivity index (χ4n) is 3.09. The monoisotopic (exact) mass is 505 g/mol. The van der Waals surface area contributed by atoms with Gasteiger partial charge in [0.1, 0.15) is 11.1 Å². The topological polar surface area (TPSA) is 153 Å². The van der Waals surface area contributed by atoms with E-state index in [4.69, 9.17) is 5.73 Å². The summed E-state index contributed by atoms with van der Waals surface area (Å²) in [6, 6.07) is 6.38. The molecule has 190 valence electrons. The Hall–Kier alpha value is -3.41. The predicted octanol–water partition coefficient (Wildman–Crippen LogP) is 0.956. The highest BCUT2D eigenvalue weighted by Gasteiger charge is 2.39. The van der Waals surface area contributed by atoms with E-state index < -0.39 is 17.1 Å². The van der Waals surface area contributed by atoms with Crippen molar-refractivity contribution in [3.8, 4) is 0 Å². The van der Waals surface area contributed by atoms with E-state index in [1.54, 1.807) is 36.2 Å². The Bertz CT molecular complexity index is 995. The number of ether oxygens (including phenoxy) is 2. The highest BCUT2D eigenvalue weighted by Crippen LogP contribution is 2.31. The molecule has 0 radical (unpaired) electrons. The van der Waals surface area contributed by atoms with Gasteiger partial charge in [-0.25, -0.2) is 0 Å².